The lowest BCUT2D eigenvalue weighted by Gasteiger charge is -2.09. The molecule has 3 heterocycles. The molecule has 118 valence electrons. The summed E-state index contributed by atoms with van der Waals surface area (Å²) in [4.78, 5) is 26.7. The summed E-state index contributed by atoms with van der Waals surface area (Å²) < 4.78 is 1.96. The Balaban J connectivity index is 1.69. The molecule has 0 aliphatic rings. The van der Waals surface area contributed by atoms with E-state index in [1.807, 2.05) is 48.1 Å². The first-order valence-corrected chi connectivity index (χ1v) is 7.40. The van der Waals surface area contributed by atoms with Crippen molar-refractivity contribution >= 4 is 22.5 Å². The third-order valence-corrected chi connectivity index (χ3v) is 3.73. The van der Waals surface area contributed by atoms with Crippen LogP contribution in [0.2, 0.25) is 0 Å². The van der Waals surface area contributed by atoms with Crippen LogP contribution in [0, 0.1) is 0 Å². The van der Waals surface area contributed by atoms with E-state index in [1.54, 1.807) is 18.5 Å². The Morgan fingerprint density at radius 1 is 1.08 bits per heavy atom. The van der Waals surface area contributed by atoms with Gasteiger partial charge >= 0.3 is 5.69 Å². The van der Waals surface area contributed by atoms with Gasteiger partial charge in [0.25, 0.3) is 0 Å². The van der Waals surface area contributed by atoms with Crippen LogP contribution in [0.5, 0.6) is 0 Å². The number of imidazole rings is 1. The third-order valence-electron chi connectivity index (χ3n) is 3.73. The summed E-state index contributed by atoms with van der Waals surface area (Å²) >= 11 is 0. The highest BCUT2D eigenvalue weighted by Gasteiger charge is 2.07. The molecule has 0 saturated carbocycles. The molecule has 4 aromatic rings. The number of nitrogens with one attached hydrogen (secondary N) is 2. The number of fused-ring (bicyclic) bond motifs is 1. The van der Waals surface area contributed by atoms with Gasteiger partial charge in [0.2, 0.25) is 0 Å². The average molecular weight is 318 g/mol. The number of aryl methyl sites for hydroxylation is 1. The summed E-state index contributed by atoms with van der Waals surface area (Å²) in [7, 11) is 1.95. The molecule has 0 radical (unpaired) electrons. The molecule has 4 rings (SSSR count). The molecule has 0 saturated heterocycles. The second-order valence-electron chi connectivity index (χ2n) is 5.36. The lowest BCUT2D eigenvalue weighted by atomic mass is 10.2. The maximum Gasteiger partial charge on any atom is 0.348 e. The molecule has 0 unspecified atom stereocenters. The Morgan fingerprint density at radius 3 is 2.67 bits per heavy atom. The molecule has 7 heteroatoms. The minimum atomic E-state index is -0.437. The number of pyridine rings is 1. The van der Waals surface area contributed by atoms with Gasteiger partial charge in [0.05, 0.1) is 5.39 Å². The van der Waals surface area contributed by atoms with E-state index >= 15 is 0 Å². The summed E-state index contributed by atoms with van der Waals surface area (Å²) in [6.45, 7) is 0. The summed E-state index contributed by atoms with van der Waals surface area (Å²) in [5.74, 6) is 1.47. The van der Waals surface area contributed by atoms with Crippen LogP contribution in [0.15, 0.2) is 59.8 Å². The number of hydrogen-bond acceptors (Lipinski definition) is 5. The number of anilines is 2. The number of H-pyrrole nitrogens is 1. The van der Waals surface area contributed by atoms with E-state index in [2.05, 4.69) is 25.3 Å². The quantitative estimate of drug-likeness (QED) is 0.606. The van der Waals surface area contributed by atoms with Gasteiger partial charge in [-0.05, 0) is 36.4 Å². The van der Waals surface area contributed by atoms with Crippen LogP contribution in [-0.2, 0) is 7.05 Å². The first kappa shape index (κ1) is 14.1. The number of aromatic nitrogens is 5. The third kappa shape index (κ3) is 2.52. The molecule has 0 amide bonds. The summed E-state index contributed by atoms with van der Waals surface area (Å²) in [6, 6.07) is 11.5. The van der Waals surface area contributed by atoms with Crippen LogP contribution in [-0.4, -0.2) is 24.5 Å². The lowest BCUT2D eigenvalue weighted by molar-refractivity contribution is 0.925. The van der Waals surface area contributed by atoms with Gasteiger partial charge in [0, 0.05) is 36.9 Å². The second kappa shape index (κ2) is 5.62. The van der Waals surface area contributed by atoms with Crippen LogP contribution in [0.4, 0.5) is 11.5 Å². The van der Waals surface area contributed by atoms with Crippen molar-refractivity contribution in [1.29, 1.82) is 0 Å². The zero-order chi connectivity index (χ0) is 16.5. The SMILES string of the molecule is Cn1ccnc1-c1ccc(Nc2[nH]c(=O)nc3ncccc23)cc1. The van der Waals surface area contributed by atoms with Crippen molar-refractivity contribution < 1.29 is 0 Å². The Labute approximate surface area is 137 Å². The van der Waals surface area contributed by atoms with Crippen molar-refractivity contribution in [2.24, 2.45) is 7.05 Å². The Hall–Kier alpha value is -3.48. The monoisotopic (exact) mass is 318 g/mol. The zero-order valence-electron chi connectivity index (χ0n) is 12.9. The van der Waals surface area contributed by atoms with Gasteiger partial charge in [-0.3, -0.25) is 4.98 Å². The number of rotatable bonds is 3. The molecular formula is C17H14N6O. The van der Waals surface area contributed by atoms with Gasteiger partial charge in [-0.2, -0.15) is 4.98 Å². The van der Waals surface area contributed by atoms with Crippen molar-refractivity contribution in [3.63, 3.8) is 0 Å². The van der Waals surface area contributed by atoms with Crippen molar-refractivity contribution in [3.8, 4) is 11.4 Å². The molecule has 0 atom stereocenters. The van der Waals surface area contributed by atoms with Crippen LogP contribution in [0.3, 0.4) is 0 Å². The summed E-state index contributed by atoms with van der Waals surface area (Å²) in [5.41, 5.74) is 1.84. The molecule has 0 spiro atoms. The minimum Gasteiger partial charge on any atom is -0.341 e. The van der Waals surface area contributed by atoms with Crippen LogP contribution < -0.4 is 11.0 Å². The maximum absolute atomic E-state index is 11.7. The van der Waals surface area contributed by atoms with E-state index in [4.69, 9.17) is 0 Å². The van der Waals surface area contributed by atoms with Crippen molar-refractivity contribution in [2.45, 2.75) is 0 Å². The van der Waals surface area contributed by atoms with E-state index < -0.39 is 5.69 Å². The van der Waals surface area contributed by atoms with Crippen molar-refractivity contribution in [1.82, 2.24) is 24.5 Å². The number of benzene rings is 1. The second-order valence-corrected chi connectivity index (χ2v) is 5.36. The Morgan fingerprint density at radius 2 is 1.92 bits per heavy atom. The summed E-state index contributed by atoms with van der Waals surface area (Å²) in [6.07, 6.45) is 5.28. The van der Waals surface area contributed by atoms with Crippen LogP contribution >= 0.6 is 0 Å². The number of hydrogen-bond donors (Lipinski definition) is 2. The zero-order valence-corrected chi connectivity index (χ0v) is 12.9. The van der Waals surface area contributed by atoms with E-state index in [9.17, 15) is 4.79 Å². The molecule has 2 N–H and O–H groups in total. The molecule has 7 nitrogen and oxygen atoms in total. The highest BCUT2D eigenvalue weighted by Crippen LogP contribution is 2.23. The average Bonchev–Trinajstić information content (AvgIpc) is 3.01. The minimum absolute atomic E-state index is 0.411. The largest absolute Gasteiger partial charge is 0.348 e. The topological polar surface area (TPSA) is 88.5 Å². The van der Waals surface area contributed by atoms with Gasteiger partial charge in [-0.15, -0.1) is 0 Å². The molecule has 0 bridgehead atoms. The highest BCUT2D eigenvalue weighted by molar-refractivity contribution is 5.88. The first-order valence-electron chi connectivity index (χ1n) is 7.40. The van der Waals surface area contributed by atoms with Crippen LogP contribution in [0.1, 0.15) is 0 Å². The molecule has 3 aromatic heterocycles. The molecule has 0 aliphatic heterocycles. The van der Waals surface area contributed by atoms with E-state index in [-0.39, 0.29) is 0 Å². The Kier molecular flexibility index (Phi) is 3.31. The normalized spacial score (nSPS) is 10.9. The Bertz CT molecular complexity index is 1060. The smallest absolute Gasteiger partial charge is 0.341 e. The lowest BCUT2D eigenvalue weighted by Crippen LogP contribution is -2.13. The predicted octanol–water partition coefficient (Wildman–Crippen LogP) is 2.46. The van der Waals surface area contributed by atoms with Crippen molar-refractivity contribution in [3.05, 3.63) is 65.5 Å². The molecule has 0 fully saturated rings. The fraction of sp³-hybridized carbons (Fsp3) is 0.0588. The molecule has 24 heavy (non-hydrogen) atoms. The van der Waals surface area contributed by atoms with E-state index in [1.165, 1.54) is 0 Å². The summed E-state index contributed by atoms with van der Waals surface area (Å²) in [5, 5.41) is 3.97. The molecule has 1 aromatic carbocycles. The first-order chi connectivity index (χ1) is 11.7. The number of nitrogens with zero attached hydrogens (tertiary/aromatic N) is 4. The highest BCUT2D eigenvalue weighted by atomic mass is 16.1. The fourth-order valence-electron chi connectivity index (χ4n) is 2.57. The van der Waals surface area contributed by atoms with Gasteiger partial charge in [0.1, 0.15) is 11.6 Å². The van der Waals surface area contributed by atoms with Gasteiger partial charge < -0.3 is 9.88 Å². The molecule has 0 aliphatic carbocycles. The standard InChI is InChI=1S/C17H14N6O/c1-23-10-9-19-16(23)11-4-6-12(7-5-11)20-15-13-3-2-8-18-14(13)21-17(24)22-15/h2-10H,1H3,(H2,18,20,21,22,24). The van der Waals surface area contributed by atoms with Crippen molar-refractivity contribution in [2.75, 3.05) is 5.32 Å². The van der Waals surface area contributed by atoms with Gasteiger partial charge in [-0.25, -0.2) is 14.8 Å². The van der Waals surface area contributed by atoms with Gasteiger partial charge in [-0.1, -0.05) is 0 Å². The molecular weight excluding hydrogens is 304 g/mol. The number of aromatic amines is 1. The van der Waals surface area contributed by atoms with E-state index in [0.29, 0.717) is 11.5 Å². The van der Waals surface area contributed by atoms with Crippen LogP contribution in [0.25, 0.3) is 22.4 Å². The van der Waals surface area contributed by atoms with Gasteiger partial charge in [0.15, 0.2) is 5.65 Å². The van der Waals surface area contributed by atoms with E-state index in [0.717, 1.165) is 22.5 Å². The fourth-order valence-corrected chi connectivity index (χ4v) is 2.57. The predicted molar refractivity (Wildman–Crippen MR) is 92.1 cm³/mol. The maximum atomic E-state index is 11.7.